The second-order valence-corrected chi connectivity index (χ2v) is 6.20. The van der Waals surface area contributed by atoms with Crippen LogP contribution in [0.15, 0.2) is 48.8 Å². The van der Waals surface area contributed by atoms with Crippen molar-refractivity contribution in [2.45, 2.75) is 6.18 Å². The lowest BCUT2D eigenvalue weighted by Crippen LogP contribution is -2.48. The summed E-state index contributed by atoms with van der Waals surface area (Å²) in [4.78, 5) is 24.1. The topological polar surface area (TPSA) is 85.2 Å². The predicted molar refractivity (Wildman–Crippen MR) is 100 cm³/mol. The normalized spacial score (nSPS) is 14.7. The first-order valence-corrected chi connectivity index (χ1v) is 8.74. The molecule has 2 aromatic rings. The number of hydrogen-bond acceptors (Lipinski definition) is 6. The highest BCUT2D eigenvalue weighted by Crippen LogP contribution is 2.31. The van der Waals surface area contributed by atoms with Crippen molar-refractivity contribution in [3.05, 3.63) is 54.4 Å². The number of nitrogens with one attached hydrogen (secondary N) is 1. The average Bonchev–Trinajstić information content (AvgIpc) is 2.72. The van der Waals surface area contributed by atoms with Crippen LogP contribution in [0.4, 0.5) is 30.5 Å². The summed E-state index contributed by atoms with van der Waals surface area (Å²) in [7, 11) is 0. The molecule has 0 bridgehead atoms. The fourth-order valence-electron chi connectivity index (χ4n) is 2.88. The zero-order valence-corrected chi connectivity index (χ0v) is 15.2. The van der Waals surface area contributed by atoms with Gasteiger partial charge < -0.3 is 15.1 Å². The maximum absolute atomic E-state index is 12.7. The molecule has 0 unspecified atom stereocenters. The molecule has 1 aromatic carbocycles. The van der Waals surface area contributed by atoms with Crippen molar-refractivity contribution < 1.29 is 18.0 Å². The molecule has 1 N–H and O–H groups in total. The monoisotopic (exact) mass is 402 g/mol. The summed E-state index contributed by atoms with van der Waals surface area (Å²) in [6.07, 6.45) is 0.998. The van der Waals surface area contributed by atoms with Crippen molar-refractivity contribution in [2.75, 3.05) is 36.4 Å². The van der Waals surface area contributed by atoms with Crippen LogP contribution in [-0.2, 0) is 11.0 Å². The number of carbonyl (C=O) groups excluding carboxylic acids is 1. The molecular formula is C19H17F3N6O. The second-order valence-electron chi connectivity index (χ2n) is 6.20. The SMILES string of the molecule is N#CC=CC(=O)N1CCN(c2nccnc2Nc2ccc(C(F)(F)F)cc2)CC1. The average molecular weight is 402 g/mol. The molecule has 2 heterocycles. The molecule has 0 aliphatic carbocycles. The van der Waals surface area contributed by atoms with Gasteiger partial charge in [0.25, 0.3) is 0 Å². The molecule has 0 saturated carbocycles. The molecule has 1 amide bonds. The highest BCUT2D eigenvalue weighted by Gasteiger charge is 2.30. The number of nitriles is 1. The number of benzene rings is 1. The molecule has 0 spiro atoms. The highest BCUT2D eigenvalue weighted by atomic mass is 19.4. The van der Waals surface area contributed by atoms with Crippen LogP contribution in [-0.4, -0.2) is 47.0 Å². The summed E-state index contributed by atoms with van der Waals surface area (Å²) in [5, 5.41) is 11.5. The van der Waals surface area contributed by atoms with E-state index in [0.29, 0.717) is 43.5 Å². The number of allylic oxidation sites excluding steroid dienone is 1. The van der Waals surface area contributed by atoms with Crippen LogP contribution in [0.1, 0.15) is 5.56 Å². The predicted octanol–water partition coefficient (Wildman–Crippen LogP) is 2.97. The molecule has 3 rings (SSSR count). The van der Waals surface area contributed by atoms with Gasteiger partial charge in [-0.05, 0) is 24.3 Å². The van der Waals surface area contributed by atoms with Gasteiger partial charge in [-0.2, -0.15) is 18.4 Å². The lowest BCUT2D eigenvalue weighted by Gasteiger charge is -2.35. The largest absolute Gasteiger partial charge is 0.416 e. The lowest BCUT2D eigenvalue weighted by molar-refractivity contribution is -0.137. The van der Waals surface area contributed by atoms with E-state index in [1.165, 1.54) is 30.6 Å². The number of aromatic nitrogens is 2. The van der Waals surface area contributed by atoms with Gasteiger partial charge in [-0.25, -0.2) is 9.97 Å². The van der Waals surface area contributed by atoms with E-state index in [-0.39, 0.29) is 5.91 Å². The first-order valence-electron chi connectivity index (χ1n) is 8.74. The smallest absolute Gasteiger partial charge is 0.350 e. The Morgan fingerprint density at radius 1 is 1.10 bits per heavy atom. The van der Waals surface area contributed by atoms with Gasteiger partial charge in [-0.3, -0.25) is 4.79 Å². The number of amides is 1. The molecule has 1 fully saturated rings. The Morgan fingerprint density at radius 3 is 2.38 bits per heavy atom. The number of hydrogen-bond donors (Lipinski definition) is 1. The van der Waals surface area contributed by atoms with E-state index in [1.807, 2.05) is 4.90 Å². The van der Waals surface area contributed by atoms with Gasteiger partial charge in [0.05, 0.1) is 11.6 Å². The third-order valence-electron chi connectivity index (χ3n) is 4.35. The number of rotatable bonds is 4. The Labute approximate surface area is 165 Å². The van der Waals surface area contributed by atoms with Gasteiger partial charge in [0.1, 0.15) is 0 Å². The molecule has 1 aliphatic heterocycles. The molecule has 1 aromatic heterocycles. The molecular weight excluding hydrogens is 385 g/mol. The fraction of sp³-hybridized carbons (Fsp3) is 0.263. The van der Waals surface area contributed by atoms with Crippen LogP contribution < -0.4 is 10.2 Å². The van der Waals surface area contributed by atoms with E-state index in [4.69, 9.17) is 5.26 Å². The second kappa shape index (κ2) is 8.60. The van der Waals surface area contributed by atoms with E-state index in [1.54, 1.807) is 11.0 Å². The number of anilines is 3. The van der Waals surface area contributed by atoms with E-state index < -0.39 is 11.7 Å². The third-order valence-corrected chi connectivity index (χ3v) is 4.35. The summed E-state index contributed by atoms with van der Waals surface area (Å²) in [5.41, 5.74) is -0.274. The fourth-order valence-corrected chi connectivity index (χ4v) is 2.88. The van der Waals surface area contributed by atoms with Gasteiger partial charge in [0.15, 0.2) is 11.6 Å². The van der Waals surface area contributed by atoms with Crippen molar-refractivity contribution in [2.24, 2.45) is 0 Å². The molecule has 29 heavy (non-hydrogen) atoms. The van der Waals surface area contributed by atoms with Gasteiger partial charge in [0.2, 0.25) is 5.91 Å². The Kier molecular flexibility index (Phi) is 5.97. The van der Waals surface area contributed by atoms with Crippen LogP contribution in [0.3, 0.4) is 0 Å². The number of nitrogens with zero attached hydrogens (tertiary/aromatic N) is 5. The minimum atomic E-state index is -4.39. The van der Waals surface area contributed by atoms with E-state index in [0.717, 1.165) is 18.2 Å². The summed E-state index contributed by atoms with van der Waals surface area (Å²) in [6.45, 7) is 1.91. The Hall–Kier alpha value is -3.61. The zero-order valence-electron chi connectivity index (χ0n) is 15.2. The van der Waals surface area contributed by atoms with Gasteiger partial charge in [-0.1, -0.05) is 0 Å². The maximum Gasteiger partial charge on any atom is 0.416 e. The molecule has 0 atom stereocenters. The minimum Gasteiger partial charge on any atom is -0.350 e. The number of halogens is 3. The van der Waals surface area contributed by atoms with E-state index >= 15 is 0 Å². The minimum absolute atomic E-state index is 0.228. The van der Waals surface area contributed by atoms with Crippen molar-refractivity contribution in [3.63, 3.8) is 0 Å². The molecule has 150 valence electrons. The van der Waals surface area contributed by atoms with Gasteiger partial charge >= 0.3 is 6.18 Å². The quantitative estimate of drug-likeness (QED) is 0.625. The summed E-state index contributed by atoms with van der Waals surface area (Å²) in [5.74, 6) is 0.733. The standard InChI is InChI=1S/C19H17F3N6O/c20-19(21,22)14-3-5-15(6-4-14)26-17-18(25-9-8-24-17)28-12-10-27(11-13-28)16(29)2-1-7-23/h1-6,8-9H,10-13H2,(H,24,26). The van der Waals surface area contributed by atoms with Crippen LogP contribution in [0, 0.1) is 11.3 Å². The van der Waals surface area contributed by atoms with Gasteiger partial charge in [-0.15, -0.1) is 0 Å². The van der Waals surface area contributed by atoms with Crippen LogP contribution in [0.25, 0.3) is 0 Å². The van der Waals surface area contributed by atoms with Crippen molar-refractivity contribution in [3.8, 4) is 6.07 Å². The molecule has 1 saturated heterocycles. The van der Waals surface area contributed by atoms with E-state index in [2.05, 4.69) is 15.3 Å². The summed E-state index contributed by atoms with van der Waals surface area (Å²) < 4.78 is 38.1. The molecule has 10 heteroatoms. The molecule has 7 nitrogen and oxygen atoms in total. The lowest BCUT2D eigenvalue weighted by atomic mass is 10.2. The highest BCUT2D eigenvalue weighted by molar-refractivity contribution is 5.88. The first-order chi connectivity index (χ1) is 13.9. The van der Waals surface area contributed by atoms with Crippen LogP contribution >= 0.6 is 0 Å². The zero-order chi connectivity index (χ0) is 20.9. The molecule has 1 aliphatic rings. The van der Waals surface area contributed by atoms with Crippen LogP contribution in [0.2, 0.25) is 0 Å². The van der Waals surface area contributed by atoms with Crippen molar-refractivity contribution in [1.82, 2.24) is 14.9 Å². The summed E-state index contributed by atoms with van der Waals surface area (Å²) >= 11 is 0. The van der Waals surface area contributed by atoms with Gasteiger partial charge in [0, 0.05) is 56.4 Å². The Bertz CT molecular complexity index is 928. The number of carbonyl (C=O) groups is 1. The third kappa shape index (κ3) is 5.01. The number of alkyl halides is 3. The summed E-state index contributed by atoms with van der Waals surface area (Å²) in [6, 6.07) is 6.45. The van der Waals surface area contributed by atoms with Crippen LogP contribution in [0.5, 0.6) is 0 Å². The van der Waals surface area contributed by atoms with E-state index in [9.17, 15) is 18.0 Å². The Morgan fingerprint density at radius 2 is 1.76 bits per heavy atom. The first kappa shape index (κ1) is 20.1. The Balaban J connectivity index is 1.69. The maximum atomic E-state index is 12.7. The molecule has 0 radical (unpaired) electrons. The van der Waals surface area contributed by atoms with Crippen molar-refractivity contribution >= 4 is 23.2 Å². The number of piperazine rings is 1. The van der Waals surface area contributed by atoms with Crippen molar-refractivity contribution in [1.29, 1.82) is 5.26 Å².